The van der Waals surface area contributed by atoms with Crippen molar-refractivity contribution in [3.63, 3.8) is 0 Å². The summed E-state index contributed by atoms with van der Waals surface area (Å²) in [7, 11) is 0. The smallest absolute Gasteiger partial charge is 0.342 e. The summed E-state index contributed by atoms with van der Waals surface area (Å²) in [4.78, 5) is 27.4. The van der Waals surface area contributed by atoms with Crippen LogP contribution in [0.2, 0.25) is 0 Å². The number of thioether (sulfide) groups is 1. The number of hydrogen-bond donors (Lipinski definition) is 1. The molecule has 3 rings (SSSR count). The molecule has 1 aliphatic heterocycles. The Morgan fingerprint density at radius 3 is 2.72 bits per heavy atom. The molecule has 1 aliphatic rings. The number of ether oxygens (including phenoxy) is 1. The number of rotatable bonds is 3. The van der Waals surface area contributed by atoms with Gasteiger partial charge in [0.25, 0.3) is 5.91 Å². The molecule has 1 atom stereocenters. The Kier molecular flexibility index (Phi) is 5.28. The van der Waals surface area contributed by atoms with Gasteiger partial charge in [-0.3, -0.25) is 4.79 Å². The second kappa shape index (κ2) is 7.61. The van der Waals surface area contributed by atoms with E-state index >= 15 is 0 Å². The molecule has 1 amide bonds. The molecule has 1 heterocycles. The standard InChI is InChI=1S/C19H19NO4S/c1-13-10-11-20(15-7-3-5-9-17(15)25-13)18(22)12-24-19(23)14-6-2-4-8-16(14)21/h2-9,13,21H,10-12H2,1H3/t13-/m1/s1. The van der Waals surface area contributed by atoms with Crippen molar-refractivity contribution in [1.82, 2.24) is 0 Å². The van der Waals surface area contributed by atoms with Crippen LogP contribution in [0.15, 0.2) is 53.4 Å². The van der Waals surface area contributed by atoms with E-state index in [9.17, 15) is 14.7 Å². The monoisotopic (exact) mass is 357 g/mol. The molecule has 0 aliphatic carbocycles. The van der Waals surface area contributed by atoms with E-state index in [1.54, 1.807) is 28.8 Å². The molecule has 0 bridgehead atoms. The van der Waals surface area contributed by atoms with Crippen LogP contribution in [-0.2, 0) is 9.53 Å². The Morgan fingerprint density at radius 1 is 1.20 bits per heavy atom. The molecule has 2 aromatic rings. The number of esters is 1. The van der Waals surface area contributed by atoms with Crippen LogP contribution in [-0.4, -0.2) is 35.4 Å². The molecule has 6 heteroatoms. The summed E-state index contributed by atoms with van der Waals surface area (Å²) in [5.74, 6) is -1.14. The van der Waals surface area contributed by atoms with E-state index in [2.05, 4.69) is 6.92 Å². The van der Waals surface area contributed by atoms with Crippen molar-refractivity contribution >= 4 is 29.3 Å². The van der Waals surface area contributed by atoms with Crippen molar-refractivity contribution in [3.05, 3.63) is 54.1 Å². The van der Waals surface area contributed by atoms with E-state index in [1.807, 2.05) is 24.3 Å². The molecule has 5 nitrogen and oxygen atoms in total. The van der Waals surface area contributed by atoms with Gasteiger partial charge in [-0.2, -0.15) is 0 Å². The fraction of sp³-hybridized carbons (Fsp3) is 0.263. The van der Waals surface area contributed by atoms with Crippen molar-refractivity contribution in [2.24, 2.45) is 0 Å². The van der Waals surface area contributed by atoms with Gasteiger partial charge in [0.05, 0.1) is 5.69 Å². The van der Waals surface area contributed by atoms with E-state index < -0.39 is 5.97 Å². The van der Waals surface area contributed by atoms with E-state index in [-0.39, 0.29) is 23.8 Å². The number of hydrogen-bond acceptors (Lipinski definition) is 5. The third-order valence-corrected chi connectivity index (χ3v) is 5.23. The Hall–Kier alpha value is -2.47. The predicted molar refractivity (Wildman–Crippen MR) is 97.1 cm³/mol. The first-order chi connectivity index (χ1) is 12.1. The van der Waals surface area contributed by atoms with Crippen LogP contribution in [0.25, 0.3) is 0 Å². The predicted octanol–water partition coefficient (Wildman–Crippen LogP) is 3.47. The largest absolute Gasteiger partial charge is 0.507 e. The SMILES string of the molecule is C[C@@H]1CCN(C(=O)COC(=O)c2ccccc2O)c2ccccc2S1. The number of phenolic OH excluding ortho intramolecular Hbond substituents is 1. The van der Waals surface area contributed by atoms with E-state index in [4.69, 9.17) is 4.74 Å². The highest BCUT2D eigenvalue weighted by Crippen LogP contribution is 2.37. The van der Waals surface area contributed by atoms with E-state index in [0.717, 1.165) is 17.0 Å². The van der Waals surface area contributed by atoms with Crippen LogP contribution in [0.1, 0.15) is 23.7 Å². The van der Waals surface area contributed by atoms with Crippen molar-refractivity contribution in [3.8, 4) is 5.75 Å². The Balaban J connectivity index is 1.71. The summed E-state index contributed by atoms with van der Waals surface area (Å²) in [6.07, 6.45) is 0.860. The minimum absolute atomic E-state index is 0.0516. The second-order valence-electron chi connectivity index (χ2n) is 5.82. The van der Waals surface area contributed by atoms with Crippen LogP contribution < -0.4 is 4.90 Å². The molecule has 130 valence electrons. The van der Waals surface area contributed by atoms with Crippen LogP contribution in [0.5, 0.6) is 5.75 Å². The lowest BCUT2D eigenvalue weighted by Gasteiger charge is -2.22. The quantitative estimate of drug-likeness (QED) is 0.852. The summed E-state index contributed by atoms with van der Waals surface area (Å²) < 4.78 is 5.11. The summed E-state index contributed by atoms with van der Waals surface area (Å²) in [6, 6.07) is 13.9. The van der Waals surface area contributed by atoms with Crippen molar-refractivity contribution < 1.29 is 19.4 Å². The minimum Gasteiger partial charge on any atom is -0.507 e. The number of carbonyl (C=O) groups excluding carboxylic acids is 2. The zero-order valence-electron chi connectivity index (χ0n) is 13.8. The van der Waals surface area contributed by atoms with Crippen molar-refractivity contribution in [1.29, 1.82) is 0 Å². The highest BCUT2D eigenvalue weighted by atomic mass is 32.2. The molecule has 0 saturated heterocycles. The topological polar surface area (TPSA) is 66.8 Å². The van der Waals surface area contributed by atoms with Crippen molar-refractivity contribution in [2.45, 2.75) is 23.5 Å². The van der Waals surface area contributed by atoms with Gasteiger partial charge in [0.15, 0.2) is 6.61 Å². The minimum atomic E-state index is -0.711. The molecule has 0 aromatic heterocycles. The van der Waals surface area contributed by atoms with Gasteiger partial charge in [-0.15, -0.1) is 11.8 Å². The highest BCUT2D eigenvalue weighted by molar-refractivity contribution is 8.00. The van der Waals surface area contributed by atoms with Gasteiger partial charge in [0, 0.05) is 16.7 Å². The highest BCUT2D eigenvalue weighted by Gasteiger charge is 2.25. The van der Waals surface area contributed by atoms with E-state index in [1.165, 1.54) is 12.1 Å². The lowest BCUT2D eigenvalue weighted by atomic mass is 10.2. The summed E-state index contributed by atoms with van der Waals surface area (Å²) in [6.45, 7) is 2.35. The summed E-state index contributed by atoms with van der Waals surface area (Å²) >= 11 is 1.74. The number of nitrogens with zero attached hydrogens (tertiary/aromatic N) is 1. The zero-order chi connectivity index (χ0) is 17.8. The second-order valence-corrected chi connectivity index (χ2v) is 7.30. The van der Waals surface area contributed by atoms with Gasteiger partial charge >= 0.3 is 5.97 Å². The Bertz CT molecular complexity index is 792. The third-order valence-electron chi connectivity index (χ3n) is 4.00. The number of carbonyl (C=O) groups is 2. The number of fused-ring (bicyclic) bond motifs is 1. The zero-order valence-corrected chi connectivity index (χ0v) is 14.7. The fourth-order valence-corrected chi connectivity index (χ4v) is 3.79. The summed E-state index contributed by atoms with van der Waals surface area (Å²) in [5.41, 5.74) is 0.899. The number of benzene rings is 2. The maximum Gasteiger partial charge on any atom is 0.342 e. The molecule has 25 heavy (non-hydrogen) atoms. The maximum atomic E-state index is 12.6. The molecule has 0 radical (unpaired) electrons. The van der Waals surface area contributed by atoms with Crippen LogP contribution in [0, 0.1) is 0 Å². The third kappa shape index (κ3) is 3.96. The average Bonchev–Trinajstić information content (AvgIpc) is 2.78. The van der Waals surface area contributed by atoms with Gasteiger partial charge in [-0.1, -0.05) is 31.2 Å². The number of aromatic hydroxyl groups is 1. The molecule has 0 saturated carbocycles. The number of phenols is 1. The molecule has 1 N–H and O–H groups in total. The van der Waals surface area contributed by atoms with Gasteiger partial charge in [-0.05, 0) is 30.7 Å². The molecular formula is C19H19NO4S. The first kappa shape index (κ1) is 17.4. The first-order valence-electron chi connectivity index (χ1n) is 8.07. The number of para-hydroxylation sites is 2. The Labute approximate surface area is 150 Å². The van der Waals surface area contributed by atoms with Crippen molar-refractivity contribution in [2.75, 3.05) is 18.1 Å². The first-order valence-corrected chi connectivity index (χ1v) is 8.95. The average molecular weight is 357 g/mol. The lowest BCUT2D eigenvalue weighted by molar-refractivity contribution is -0.121. The van der Waals surface area contributed by atoms with Gasteiger partial charge < -0.3 is 14.7 Å². The summed E-state index contributed by atoms with van der Waals surface area (Å²) in [5, 5.41) is 10.1. The normalized spacial score (nSPS) is 16.7. The maximum absolute atomic E-state index is 12.6. The molecule has 0 unspecified atom stereocenters. The molecule has 2 aromatic carbocycles. The number of amides is 1. The van der Waals surface area contributed by atoms with Gasteiger partial charge in [0.1, 0.15) is 11.3 Å². The lowest BCUT2D eigenvalue weighted by Crippen LogP contribution is -2.35. The number of anilines is 1. The van der Waals surface area contributed by atoms with Crippen LogP contribution in [0.4, 0.5) is 5.69 Å². The van der Waals surface area contributed by atoms with Gasteiger partial charge in [0.2, 0.25) is 0 Å². The fourth-order valence-electron chi connectivity index (χ4n) is 2.68. The van der Waals surface area contributed by atoms with E-state index in [0.29, 0.717) is 11.8 Å². The van der Waals surface area contributed by atoms with Crippen LogP contribution in [0.3, 0.4) is 0 Å². The van der Waals surface area contributed by atoms with Crippen LogP contribution >= 0.6 is 11.8 Å². The Morgan fingerprint density at radius 2 is 1.92 bits per heavy atom. The molecular weight excluding hydrogens is 338 g/mol. The molecule has 0 fully saturated rings. The molecule has 0 spiro atoms. The van der Waals surface area contributed by atoms with Gasteiger partial charge in [-0.25, -0.2) is 4.79 Å².